The van der Waals surface area contributed by atoms with Crippen molar-refractivity contribution in [3.63, 3.8) is 0 Å². The van der Waals surface area contributed by atoms with Crippen LogP contribution in [-0.2, 0) is 0 Å². The fourth-order valence-corrected chi connectivity index (χ4v) is 1.87. The number of carboxylic acid groups (broad SMARTS) is 1. The van der Waals surface area contributed by atoms with Gasteiger partial charge < -0.3 is 10.4 Å². The summed E-state index contributed by atoms with van der Waals surface area (Å²) in [5.74, 6) is -0.302. The van der Waals surface area contributed by atoms with Gasteiger partial charge in [0.05, 0.1) is 17.3 Å². The number of rotatable bonds is 6. The molecule has 0 aromatic carbocycles. The van der Waals surface area contributed by atoms with E-state index >= 15 is 0 Å². The largest absolute Gasteiger partial charge is 0.478 e. The Kier molecular flexibility index (Phi) is 5.55. The molecule has 1 aromatic rings. The minimum absolute atomic E-state index is 0.0126. The number of aromatic nitrogens is 1. The van der Waals surface area contributed by atoms with E-state index in [2.05, 4.69) is 31.1 Å². The van der Waals surface area contributed by atoms with Crippen molar-refractivity contribution in [1.29, 1.82) is 0 Å². The van der Waals surface area contributed by atoms with E-state index in [0.717, 1.165) is 12.1 Å². The average Bonchev–Trinajstić information content (AvgIpc) is 2.35. The zero-order valence-corrected chi connectivity index (χ0v) is 12.0. The summed E-state index contributed by atoms with van der Waals surface area (Å²) in [6, 6.07) is 3.09. The van der Waals surface area contributed by atoms with Crippen LogP contribution in [0.15, 0.2) is 30.1 Å². The van der Waals surface area contributed by atoms with Gasteiger partial charge in [0.15, 0.2) is 0 Å². The fourth-order valence-electron chi connectivity index (χ4n) is 1.87. The van der Waals surface area contributed by atoms with Gasteiger partial charge in [-0.05, 0) is 44.5 Å². The third kappa shape index (κ3) is 5.12. The normalized spacial score (nSPS) is 13.4. The molecular weight excluding hydrogens is 240 g/mol. The molecule has 0 amide bonds. The first kappa shape index (κ1) is 15.2. The molecule has 0 aliphatic carbocycles. The molecule has 1 unspecified atom stereocenters. The van der Waals surface area contributed by atoms with Gasteiger partial charge in [0.1, 0.15) is 0 Å². The molecule has 1 aromatic heterocycles. The number of nitrogens with zero attached hydrogens (tertiary/aromatic N) is 1. The standard InChI is InChI=1S/C15H22N2O2/c1-10(2)7-11(3)9-17-12(4)14-8-13(15(18)19)5-6-16-14/h5-6,8-10,12,17H,7H2,1-4H3,(H,18,19)/b11-9+. The maximum atomic E-state index is 10.9. The van der Waals surface area contributed by atoms with Crippen LogP contribution in [0.2, 0.25) is 0 Å². The summed E-state index contributed by atoms with van der Waals surface area (Å²) >= 11 is 0. The highest BCUT2D eigenvalue weighted by Gasteiger charge is 2.09. The summed E-state index contributed by atoms with van der Waals surface area (Å²) in [5.41, 5.74) is 2.27. The first-order chi connectivity index (χ1) is 8.90. The number of nitrogens with one attached hydrogen (secondary N) is 1. The highest BCUT2D eigenvalue weighted by Crippen LogP contribution is 2.13. The van der Waals surface area contributed by atoms with Crippen LogP contribution in [0.25, 0.3) is 0 Å². The van der Waals surface area contributed by atoms with Crippen LogP contribution in [0.5, 0.6) is 0 Å². The molecule has 0 radical (unpaired) electrons. The molecule has 1 heterocycles. The number of carbonyl (C=O) groups is 1. The molecule has 1 atom stereocenters. The number of carboxylic acids is 1. The van der Waals surface area contributed by atoms with Crippen LogP contribution >= 0.6 is 0 Å². The lowest BCUT2D eigenvalue weighted by Gasteiger charge is -2.13. The monoisotopic (exact) mass is 262 g/mol. The van der Waals surface area contributed by atoms with E-state index in [4.69, 9.17) is 5.11 Å². The van der Waals surface area contributed by atoms with E-state index in [1.807, 2.05) is 13.1 Å². The second-order valence-electron chi connectivity index (χ2n) is 5.25. The SMILES string of the molecule is C/C(=C\NC(C)c1cc(C(=O)O)ccn1)CC(C)C. The molecule has 0 fully saturated rings. The Hall–Kier alpha value is -1.84. The van der Waals surface area contributed by atoms with Gasteiger partial charge in [0.25, 0.3) is 0 Å². The van der Waals surface area contributed by atoms with Crippen molar-refractivity contribution >= 4 is 5.97 Å². The summed E-state index contributed by atoms with van der Waals surface area (Å²) in [7, 11) is 0. The smallest absolute Gasteiger partial charge is 0.335 e. The summed E-state index contributed by atoms with van der Waals surface area (Å²) < 4.78 is 0. The Morgan fingerprint density at radius 1 is 1.47 bits per heavy atom. The van der Waals surface area contributed by atoms with Crippen LogP contribution in [0.4, 0.5) is 0 Å². The molecule has 0 spiro atoms. The van der Waals surface area contributed by atoms with Crippen molar-refractivity contribution in [3.8, 4) is 0 Å². The number of hydrogen-bond acceptors (Lipinski definition) is 3. The molecule has 0 bridgehead atoms. The van der Waals surface area contributed by atoms with Gasteiger partial charge in [-0.2, -0.15) is 0 Å². The zero-order chi connectivity index (χ0) is 14.4. The first-order valence-corrected chi connectivity index (χ1v) is 6.51. The number of allylic oxidation sites excluding steroid dienone is 1. The van der Waals surface area contributed by atoms with Crippen LogP contribution in [0.1, 0.15) is 56.2 Å². The molecular formula is C15H22N2O2. The van der Waals surface area contributed by atoms with E-state index < -0.39 is 5.97 Å². The van der Waals surface area contributed by atoms with Crippen molar-refractivity contribution < 1.29 is 9.90 Å². The predicted octanol–water partition coefficient (Wildman–Crippen LogP) is 3.38. The van der Waals surface area contributed by atoms with E-state index in [9.17, 15) is 4.79 Å². The van der Waals surface area contributed by atoms with E-state index in [-0.39, 0.29) is 11.6 Å². The van der Waals surface area contributed by atoms with Crippen LogP contribution in [-0.4, -0.2) is 16.1 Å². The van der Waals surface area contributed by atoms with Crippen molar-refractivity contribution in [3.05, 3.63) is 41.4 Å². The van der Waals surface area contributed by atoms with E-state index in [0.29, 0.717) is 5.92 Å². The predicted molar refractivity (Wildman–Crippen MR) is 76.0 cm³/mol. The van der Waals surface area contributed by atoms with Crippen molar-refractivity contribution in [1.82, 2.24) is 10.3 Å². The van der Waals surface area contributed by atoms with Gasteiger partial charge in [0, 0.05) is 6.20 Å². The number of aromatic carboxylic acids is 1. The minimum atomic E-state index is -0.928. The summed E-state index contributed by atoms with van der Waals surface area (Å²) in [6.07, 6.45) is 4.56. The second kappa shape index (κ2) is 6.92. The topological polar surface area (TPSA) is 62.2 Å². The lowest BCUT2D eigenvalue weighted by Crippen LogP contribution is -2.15. The Balaban J connectivity index is 2.70. The van der Waals surface area contributed by atoms with Crippen molar-refractivity contribution in [2.24, 2.45) is 5.92 Å². The lowest BCUT2D eigenvalue weighted by molar-refractivity contribution is 0.0696. The van der Waals surface area contributed by atoms with Crippen LogP contribution in [0, 0.1) is 5.92 Å². The third-order valence-electron chi connectivity index (χ3n) is 2.78. The van der Waals surface area contributed by atoms with Gasteiger partial charge in [-0.1, -0.05) is 19.4 Å². The van der Waals surface area contributed by atoms with Crippen LogP contribution < -0.4 is 5.32 Å². The second-order valence-corrected chi connectivity index (χ2v) is 5.25. The Labute approximate surface area is 114 Å². The maximum absolute atomic E-state index is 10.9. The summed E-state index contributed by atoms with van der Waals surface area (Å²) in [6.45, 7) is 8.41. The van der Waals surface area contributed by atoms with Gasteiger partial charge in [-0.15, -0.1) is 0 Å². The zero-order valence-electron chi connectivity index (χ0n) is 12.0. The first-order valence-electron chi connectivity index (χ1n) is 6.51. The van der Waals surface area contributed by atoms with E-state index in [1.54, 1.807) is 6.07 Å². The lowest BCUT2D eigenvalue weighted by atomic mass is 10.1. The summed E-state index contributed by atoms with van der Waals surface area (Å²) in [4.78, 5) is 15.1. The molecule has 4 heteroatoms. The molecule has 19 heavy (non-hydrogen) atoms. The Bertz CT molecular complexity index is 467. The Morgan fingerprint density at radius 2 is 2.16 bits per heavy atom. The highest BCUT2D eigenvalue weighted by molar-refractivity contribution is 5.87. The maximum Gasteiger partial charge on any atom is 0.335 e. The molecule has 104 valence electrons. The molecule has 0 aliphatic rings. The summed E-state index contributed by atoms with van der Waals surface area (Å²) in [5, 5.41) is 12.2. The minimum Gasteiger partial charge on any atom is -0.478 e. The van der Waals surface area contributed by atoms with Crippen molar-refractivity contribution in [2.75, 3.05) is 0 Å². The molecule has 0 saturated carbocycles. The molecule has 2 N–H and O–H groups in total. The van der Waals surface area contributed by atoms with E-state index in [1.165, 1.54) is 17.8 Å². The highest BCUT2D eigenvalue weighted by atomic mass is 16.4. The molecule has 0 aliphatic heterocycles. The molecule has 4 nitrogen and oxygen atoms in total. The van der Waals surface area contributed by atoms with Crippen LogP contribution in [0.3, 0.4) is 0 Å². The van der Waals surface area contributed by atoms with Crippen molar-refractivity contribution in [2.45, 2.75) is 40.2 Å². The number of hydrogen-bond donors (Lipinski definition) is 2. The molecule has 0 saturated heterocycles. The Morgan fingerprint density at radius 3 is 2.74 bits per heavy atom. The molecule has 1 rings (SSSR count). The number of pyridine rings is 1. The van der Waals surface area contributed by atoms with Gasteiger partial charge >= 0.3 is 5.97 Å². The third-order valence-corrected chi connectivity index (χ3v) is 2.78. The van der Waals surface area contributed by atoms with Gasteiger partial charge in [0.2, 0.25) is 0 Å². The quantitative estimate of drug-likeness (QED) is 0.825. The fraction of sp³-hybridized carbons (Fsp3) is 0.467. The van der Waals surface area contributed by atoms with Gasteiger partial charge in [-0.25, -0.2) is 4.79 Å². The van der Waals surface area contributed by atoms with Gasteiger partial charge in [-0.3, -0.25) is 4.98 Å². The average molecular weight is 262 g/mol.